The first-order chi connectivity index (χ1) is 9.96. The Bertz CT molecular complexity index is 473. The lowest BCUT2D eigenvalue weighted by Crippen LogP contribution is -2.56. The highest BCUT2D eigenvalue weighted by Gasteiger charge is 2.35. The number of ether oxygens (including phenoxy) is 2. The second-order valence-electron chi connectivity index (χ2n) is 5.91. The number of morpholine rings is 1. The number of hydrogen-bond donors (Lipinski definition) is 1. The number of aliphatic hydroxyl groups excluding tert-OH is 1. The van der Waals surface area contributed by atoms with Gasteiger partial charge in [-0.1, -0.05) is 12.1 Å². The van der Waals surface area contributed by atoms with Crippen LogP contribution in [0.4, 0.5) is 4.39 Å². The molecule has 5 heteroatoms. The molecule has 0 aromatic heterocycles. The summed E-state index contributed by atoms with van der Waals surface area (Å²) in [5.41, 5.74) is 0.0439. The molecule has 1 aromatic carbocycles. The molecule has 1 aromatic rings. The van der Waals surface area contributed by atoms with Gasteiger partial charge in [-0.05, 0) is 25.5 Å². The molecule has 1 heterocycles. The third kappa shape index (κ3) is 3.54. The molecular formula is C16H24FNO3. The fraction of sp³-hybridized carbons (Fsp3) is 0.625. The summed E-state index contributed by atoms with van der Waals surface area (Å²) in [6.07, 6.45) is -0.412. The van der Waals surface area contributed by atoms with Crippen LogP contribution in [0.5, 0.6) is 5.75 Å². The topological polar surface area (TPSA) is 41.9 Å². The molecule has 1 fully saturated rings. The maximum absolute atomic E-state index is 14.2. The van der Waals surface area contributed by atoms with Gasteiger partial charge in [0, 0.05) is 25.0 Å². The van der Waals surface area contributed by atoms with E-state index in [2.05, 4.69) is 4.90 Å². The Morgan fingerprint density at radius 2 is 2.05 bits per heavy atom. The van der Waals surface area contributed by atoms with E-state index in [1.54, 1.807) is 18.2 Å². The third-order valence-electron chi connectivity index (χ3n) is 4.32. The summed E-state index contributed by atoms with van der Waals surface area (Å²) >= 11 is 0. The van der Waals surface area contributed by atoms with Gasteiger partial charge in [-0.25, -0.2) is 4.39 Å². The predicted octanol–water partition coefficient (Wildman–Crippen LogP) is 1.85. The maximum Gasteiger partial charge on any atom is 0.168 e. The van der Waals surface area contributed by atoms with E-state index in [4.69, 9.17) is 9.47 Å². The Balaban J connectivity index is 2.11. The highest BCUT2D eigenvalue weighted by molar-refractivity contribution is 5.31. The first-order valence-electron chi connectivity index (χ1n) is 7.29. The number of hydrogen-bond acceptors (Lipinski definition) is 4. The Morgan fingerprint density at radius 1 is 1.38 bits per heavy atom. The number of methoxy groups -OCH3 is 1. The van der Waals surface area contributed by atoms with Crippen LogP contribution in [0.1, 0.15) is 19.4 Å². The van der Waals surface area contributed by atoms with Crippen LogP contribution in [0.3, 0.4) is 0 Å². The van der Waals surface area contributed by atoms with Crippen molar-refractivity contribution in [3.05, 3.63) is 29.6 Å². The molecule has 21 heavy (non-hydrogen) atoms. The Labute approximate surface area is 125 Å². The van der Waals surface area contributed by atoms with E-state index in [0.717, 1.165) is 13.1 Å². The van der Waals surface area contributed by atoms with Crippen LogP contribution in [0.25, 0.3) is 0 Å². The Hall–Kier alpha value is -1.17. The van der Waals surface area contributed by atoms with E-state index in [1.165, 1.54) is 7.11 Å². The molecule has 0 amide bonds. The van der Waals surface area contributed by atoms with Crippen molar-refractivity contribution in [2.24, 2.45) is 0 Å². The van der Waals surface area contributed by atoms with Gasteiger partial charge in [0.1, 0.15) is 0 Å². The Morgan fingerprint density at radius 3 is 2.67 bits per heavy atom. The Kier molecular flexibility index (Phi) is 5.19. The molecule has 1 N–H and O–H groups in total. The van der Waals surface area contributed by atoms with Crippen molar-refractivity contribution < 1.29 is 19.0 Å². The molecule has 0 spiro atoms. The van der Waals surface area contributed by atoms with Gasteiger partial charge in [0.15, 0.2) is 11.6 Å². The average molecular weight is 297 g/mol. The van der Waals surface area contributed by atoms with Gasteiger partial charge >= 0.3 is 0 Å². The zero-order valence-electron chi connectivity index (χ0n) is 12.9. The van der Waals surface area contributed by atoms with Crippen LogP contribution in [-0.2, 0) is 11.2 Å². The number of aliphatic hydroxyl groups is 1. The SMILES string of the molecule is COc1cccc(CC(O)C(C)(C)N2CCOCC2)c1F. The van der Waals surface area contributed by atoms with Gasteiger partial charge < -0.3 is 14.6 Å². The summed E-state index contributed by atoms with van der Waals surface area (Å²) in [7, 11) is 1.44. The average Bonchev–Trinajstić information content (AvgIpc) is 2.50. The minimum absolute atomic E-state index is 0.212. The highest BCUT2D eigenvalue weighted by atomic mass is 19.1. The fourth-order valence-electron chi connectivity index (χ4n) is 2.68. The monoisotopic (exact) mass is 297 g/mol. The zero-order chi connectivity index (χ0) is 15.5. The van der Waals surface area contributed by atoms with Crippen molar-refractivity contribution in [1.29, 1.82) is 0 Å². The van der Waals surface area contributed by atoms with Crippen molar-refractivity contribution in [2.75, 3.05) is 33.4 Å². The van der Waals surface area contributed by atoms with Crippen LogP contribution in [-0.4, -0.2) is 55.1 Å². The summed E-state index contributed by atoms with van der Waals surface area (Å²) in [6, 6.07) is 5.01. The molecule has 1 aliphatic rings. The van der Waals surface area contributed by atoms with E-state index in [0.29, 0.717) is 18.8 Å². The van der Waals surface area contributed by atoms with Gasteiger partial charge in [0.25, 0.3) is 0 Å². The minimum Gasteiger partial charge on any atom is -0.494 e. The molecule has 4 nitrogen and oxygen atoms in total. The molecule has 1 aliphatic heterocycles. The van der Waals surface area contributed by atoms with E-state index in [1.807, 2.05) is 13.8 Å². The lowest BCUT2D eigenvalue weighted by molar-refractivity contribution is -0.0613. The van der Waals surface area contributed by atoms with Crippen molar-refractivity contribution in [2.45, 2.75) is 31.9 Å². The molecule has 1 atom stereocenters. The molecule has 0 radical (unpaired) electrons. The van der Waals surface area contributed by atoms with Crippen molar-refractivity contribution in [3.63, 3.8) is 0 Å². The molecular weight excluding hydrogens is 273 g/mol. The van der Waals surface area contributed by atoms with Crippen molar-refractivity contribution >= 4 is 0 Å². The molecule has 1 unspecified atom stereocenters. The normalized spacial score (nSPS) is 18.5. The van der Waals surface area contributed by atoms with E-state index in [-0.39, 0.29) is 12.2 Å². The van der Waals surface area contributed by atoms with Crippen LogP contribution in [0.2, 0.25) is 0 Å². The fourth-order valence-corrected chi connectivity index (χ4v) is 2.68. The standard InChI is InChI=1S/C16H24FNO3/c1-16(2,18-7-9-21-10-8-18)14(19)11-12-5-4-6-13(20-3)15(12)17/h4-6,14,19H,7-11H2,1-3H3. The zero-order valence-corrected chi connectivity index (χ0v) is 12.9. The van der Waals surface area contributed by atoms with E-state index >= 15 is 0 Å². The molecule has 1 saturated heterocycles. The predicted molar refractivity (Wildman–Crippen MR) is 79.1 cm³/mol. The highest BCUT2D eigenvalue weighted by Crippen LogP contribution is 2.26. The van der Waals surface area contributed by atoms with Crippen LogP contribution >= 0.6 is 0 Å². The molecule has 0 bridgehead atoms. The number of halogens is 1. The smallest absolute Gasteiger partial charge is 0.168 e. The van der Waals surface area contributed by atoms with E-state index in [9.17, 15) is 9.50 Å². The second kappa shape index (κ2) is 6.73. The number of rotatable bonds is 5. The summed E-state index contributed by atoms with van der Waals surface area (Å²) in [6.45, 7) is 6.88. The number of benzene rings is 1. The van der Waals surface area contributed by atoms with Crippen LogP contribution in [0.15, 0.2) is 18.2 Å². The summed E-state index contributed by atoms with van der Waals surface area (Å²) < 4.78 is 24.5. The molecule has 2 rings (SSSR count). The summed E-state index contributed by atoms with van der Waals surface area (Å²) in [5, 5.41) is 10.6. The van der Waals surface area contributed by atoms with Crippen molar-refractivity contribution in [3.8, 4) is 5.75 Å². The summed E-state index contributed by atoms with van der Waals surface area (Å²) in [4.78, 5) is 2.19. The van der Waals surface area contributed by atoms with E-state index < -0.39 is 17.5 Å². The molecule has 0 aliphatic carbocycles. The van der Waals surface area contributed by atoms with Crippen LogP contribution < -0.4 is 4.74 Å². The first-order valence-corrected chi connectivity index (χ1v) is 7.29. The van der Waals surface area contributed by atoms with Crippen molar-refractivity contribution in [1.82, 2.24) is 4.90 Å². The quantitative estimate of drug-likeness (QED) is 0.900. The number of nitrogens with zero attached hydrogens (tertiary/aromatic N) is 1. The molecule has 0 saturated carbocycles. The summed E-state index contributed by atoms with van der Waals surface area (Å²) in [5.74, 6) is -0.180. The lowest BCUT2D eigenvalue weighted by Gasteiger charge is -2.43. The second-order valence-corrected chi connectivity index (χ2v) is 5.91. The first kappa shape index (κ1) is 16.2. The maximum atomic E-state index is 14.2. The van der Waals surface area contributed by atoms with Gasteiger partial charge in [0.2, 0.25) is 0 Å². The third-order valence-corrected chi connectivity index (χ3v) is 4.32. The molecule has 118 valence electrons. The minimum atomic E-state index is -0.669. The van der Waals surface area contributed by atoms with Gasteiger partial charge in [-0.2, -0.15) is 0 Å². The van der Waals surface area contributed by atoms with Gasteiger partial charge in [-0.3, -0.25) is 4.90 Å². The van der Waals surface area contributed by atoms with Gasteiger partial charge in [-0.15, -0.1) is 0 Å². The largest absolute Gasteiger partial charge is 0.494 e. The van der Waals surface area contributed by atoms with Crippen LogP contribution in [0, 0.1) is 5.82 Å². The van der Waals surface area contributed by atoms with Gasteiger partial charge in [0.05, 0.1) is 26.4 Å². The lowest BCUT2D eigenvalue weighted by atomic mass is 9.89.